The number of hydrogen-bond acceptors (Lipinski definition) is 2. The van der Waals surface area contributed by atoms with Gasteiger partial charge in [0.1, 0.15) is 0 Å². The van der Waals surface area contributed by atoms with E-state index in [4.69, 9.17) is 11.6 Å². The molecule has 4 heteroatoms. The van der Waals surface area contributed by atoms with Crippen molar-refractivity contribution in [2.45, 2.75) is 6.42 Å². The molecule has 0 saturated heterocycles. The van der Waals surface area contributed by atoms with Crippen molar-refractivity contribution in [3.05, 3.63) is 39.8 Å². The molecule has 0 fully saturated rings. The van der Waals surface area contributed by atoms with Crippen LogP contribution in [0.4, 0.5) is 0 Å². The highest BCUT2D eigenvalue weighted by molar-refractivity contribution is 6.31. The van der Waals surface area contributed by atoms with Gasteiger partial charge in [-0.1, -0.05) is 29.8 Å². The number of rotatable bonds is 4. The highest BCUT2D eigenvalue weighted by Gasteiger charge is 2.00. The zero-order valence-corrected chi connectivity index (χ0v) is 8.16. The van der Waals surface area contributed by atoms with Crippen LogP contribution >= 0.6 is 11.6 Å². The molecule has 0 saturated carbocycles. The molecule has 0 spiro atoms. The van der Waals surface area contributed by atoms with Gasteiger partial charge in [0, 0.05) is 18.6 Å². The molecule has 0 N–H and O–H groups in total. The quantitative estimate of drug-likeness (QED) is 0.550. The van der Waals surface area contributed by atoms with Crippen LogP contribution in [-0.2, 0) is 6.42 Å². The first-order valence-corrected chi connectivity index (χ1v) is 4.39. The molecule has 13 heavy (non-hydrogen) atoms. The number of likely N-dealkylation sites (N-methyl/N-ethyl adjacent to an activating group) is 1. The fourth-order valence-electron chi connectivity index (χ4n) is 1.02. The molecule has 0 amide bonds. The second-order valence-corrected chi connectivity index (χ2v) is 3.21. The van der Waals surface area contributed by atoms with Gasteiger partial charge < -0.3 is 0 Å². The minimum Gasteiger partial charge on any atom is -0.264 e. The SMILES string of the molecule is CN(CCc1ccccc1Cl)N=O. The fourth-order valence-corrected chi connectivity index (χ4v) is 1.25. The van der Waals surface area contributed by atoms with Gasteiger partial charge in [0.05, 0.1) is 5.29 Å². The number of hydrogen-bond donors (Lipinski definition) is 0. The molecule has 0 aliphatic carbocycles. The van der Waals surface area contributed by atoms with Gasteiger partial charge in [-0.25, -0.2) is 0 Å². The molecule has 0 aliphatic rings. The van der Waals surface area contributed by atoms with Crippen molar-refractivity contribution in [1.82, 2.24) is 5.01 Å². The Bertz CT molecular complexity index is 291. The maximum Gasteiger partial charge on any atom is 0.0521 e. The normalized spacial score (nSPS) is 9.69. The van der Waals surface area contributed by atoms with Crippen LogP contribution < -0.4 is 0 Å². The van der Waals surface area contributed by atoms with E-state index in [0.717, 1.165) is 17.0 Å². The molecule has 0 aliphatic heterocycles. The lowest BCUT2D eigenvalue weighted by atomic mass is 10.1. The maximum atomic E-state index is 10.1. The lowest BCUT2D eigenvalue weighted by Gasteiger charge is -2.08. The summed E-state index contributed by atoms with van der Waals surface area (Å²) in [6.07, 6.45) is 0.738. The first kappa shape index (κ1) is 9.99. The predicted octanol–water partition coefficient (Wildman–Crippen LogP) is 2.50. The summed E-state index contributed by atoms with van der Waals surface area (Å²) in [7, 11) is 1.64. The second kappa shape index (κ2) is 4.82. The largest absolute Gasteiger partial charge is 0.264 e. The van der Waals surface area contributed by atoms with Crippen LogP contribution in [0.3, 0.4) is 0 Å². The van der Waals surface area contributed by atoms with Gasteiger partial charge in [-0.15, -0.1) is 4.91 Å². The van der Waals surface area contributed by atoms with Gasteiger partial charge in [0.15, 0.2) is 0 Å². The zero-order valence-electron chi connectivity index (χ0n) is 7.40. The minimum atomic E-state index is 0.591. The molecule has 1 rings (SSSR count). The third-order valence-corrected chi connectivity index (χ3v) is 2.17. The fraction of sp³-hybridized carbons (Fsp3) is 0.333. The highest BCUT2D eigenvalue weighted by Crippen LogP contribution is 2.15. The Morgan fingerprint density at radius 2 is 2.15 bits per heavy atom. The molecule has 0 unspecified atom stereocenters. The van der Waals surface area contributed by atoms with Crippen LogP contribution in [0.15, 0.2) is 29.6 Å². The van der Waals surface area contributed by atoms with Crippen LogP contribution in [0.5, 0.6) is 0 Å². The molecular formula is C9H11ClN2O. The Labute approximate surface area is 82.3 Å². The summed E-state index contributed by atoms with van der Waals surface area (Å²) < 4.78 is 0. The van der Waals surface area contributed by atoms with Gasteiger partial charge in [-0.2, -0.15) is 0 Å². The second-order valence-electron chi connectivity index (χ2n) is 2.80. The standard InChI is InChI=1S/C9H11ClN2O/c1-12(11-13)7-6-8-4-2-3-5-9(8)10/h2-5H,6-7H2,1H3. The molecule has 0 aromatic heterocycles. The molecular weight excluding hydrogens is 188 g/mol. The molecule has 0 bridgehead atoms. The summed E-state index contributed by atoms with van der Waals surface area (Å²) in [6, 6.07) is 7.59. The van der Waals surface area contributed by atoms with Crippen molar-refractivity contribution in [2.24, 2.45) is 5.29 Å². The highest BCUT2D eigenvalue weighted by atomic mass is 35.5. The molecule has 0 heterocycles. The van der Waals surface area contributed by atoms with Crippen molar-refractivity contribution in [2.75, 3.05) is 13.6 Å². The van der Waals surface area contributed by atoms with Crippen molar-refractivity contribution in [3.8, 4) is 0 Å². The van der Waals surface area contributed by atoms with E-state index in [1.54, 1.807) is 7.05 Å². The lowest BCUT2D eigenvalue weighted by Crippen LogP contribution is -2.13. The summed E-state index contributed by atoms with van der Waals surface area (Å²) in [5.41, 5.74) is 1.04. The average Bonchev–Trinajstić information content (AvgIpc) is 2.16. The van der Waals surface area contributed by atoms with Gasteiger partial charge in [-0.05, 0) is 18.1 Å². The van der Waals surface area contributed by atoms with Crippen molar-refractivity contribution < 1.29 is 0 Å². The Hall–Kier alpha value is -1.09. The predicted molar refractivity (Wildman–Crippen MR) is 53.6 cm³/mol. The van der Waals surface area contributed by atoms with E-state index in [1.165, 1.54) is 5.01 Å². The maximum absolute atomic E-state index is 10.1. The minimum absolute atomic E-state index is 0.591. The van der Waals surface area contributed by atoms with Crippen molar-refractivity contribution in [3.63, 3.8) is 0 Å². The summed E-state index contributed by atoms with van der Waals surface area (Å²) in [4.78, 5) is 10.1. The molecule has 1 aromatic carbocycles. The molecule has 1 aromatic rings. The summed E-state index contributed by atoms with van der Waals surface area (Å²) >= 11 is 5.92. The van der Waals surface area contributed by atoms with Crippen LogP contribution in [0.2, 0.25) is 5.02 Å². The topological polar surface area (TPSA) is 32.7 Å². The third kappa shape index (κ3) is 3.03. The van der Waals surface area contributed by atoms with Crippen LogP contribution in [0, 0.1) is 4.91 Å². The number of benzene rings is 1. The molecule has 0 atom stereocenters. The summed E-state index contributed by atoms with van der Waals surface area (Å²) in [6.45, 7) is 0.591. The van der Waals surface area contributed by atoms with Gasteiger partial charge in [0.2, 0.25) is 0 Å². The summed E-state index contributed by atoms with van der Waals surface area (Å²) in [5.74, 6) is 0. The van der Waals surface area contributed by atoms with E-state index in [-0.39, 0.29) is 0 Å². The average molecular weight is 199 g/mol. The van der Waals surface area contributed by atoms with E-state index in [2.05, 4.69) is 5.29 Å². The van der Waals surface area contributed by atoms with E-state index >= 15 is 0 Å². The molecule has 0 radical (unpaired) electrons. The Morgan fingerprint density at radius 1 is 1.46 bits per heavy atom. The van der Waals surface area contributed by atoms with Gasteiger partial charge >= 0.3 is 0 Å². The Balaban J connectivity index is 2.54. The van der Waals surface area contributed by atoms with E-state index in [0.29, 0.717) is 6.54 Å². The zero-order chi connectivity index (χ0) is 9.68. The van der Waals surface area contributed by atoms with Crippen LogP contribution in [0.1, 0.15) is 5.56 Å². The van der Waals surface area contributed by atoms with Crippen molar-refractivity contribution >= 4 is 11.6 Å². The van der Waals surface area contributed by atoms with E-state index in [9.17, 15) is 4.91 Å². The smallest absolute Gasteiger partial charge is 0.0521 e. The molecule has 3 nitrogen and oxygen atoms in total. The molecule has 70 valence electrons. The van der Waals surface area contributed by atoms with E-state index < -0.39 is 0 Å². The van der Waals surface area contributed by atoms with Crippen molar-refractivity contribution in [1.29, 1.82) is 0 Å². The first-order valence-electron chi connectivity index (χ1n) is 4.02. The third-order valence-electron chi connectivity index (χ3n) is 1.80. The first-order chi connectivity index (χ1) is 6.24. The van der Waals surface area contributed by atoms with E-state index in [1.807, 2.05) is 24.3 Å². The number of halogens is 1. The summed E-state index contributed by atoms with van der Waals surface area (Å²) in [5, 5.41) is 4.86. The van der Waals surface area contributed by atoms with Crippen LogP contribution in [0.25, 0.3) is 0 Å². The number of nitroso groups, excluding NO2 is 1. The van der Waals surface area contributed by atoms with Gasteiger partial charge in [0.25, 0.3) is 0 Å². The Morgan fingerprint density at radius 3 is 2.77 bits per heavy atom. The number of nitrogens with zero attached hydrogens (tertiary/aromatic N) is 2. The monoisotopic (exact) mass is 198 g/mol. The van der Waals surface area contributed by atoms with Crippen LogP contribution in [-0.4, -0.2) is 18.6 Å². The Kier molecular flexibility index (Phi) is 3.71. The lowest BCUT2D eigenvalue weighted by molar-refractivity contribution is 0.354. The van der Waals surface area contributed by atoms with Gasteiger partial charge in [-0.3, -0.25) is 5.01 Å².